The quantitative estimate of drug-likeness (QED) is 0.199. The molecular weight excluding hydrogens is 492 g/mol. The number of ether oxygens (including phenoxy) is 4. The molecule has 3 rings (SSSR count). The number of carbonyl (C=O) groups excluding carboxylic acids is 2. The molecule has 0 saturated heterocycles. The zero-order chi connectivity index (χ0) is 27.8. The van der Waals surface area contributed by atoms with Crippen LogP contribution in [0.3, 0.4) is 0 Å². The minimum absolute atomic E-state index is 0.0456. The number of carbonyl (C=O) groups is 2. The molecule has 0 aromatic heterocycles. The molecule has 2 aromatic rings. The summed E-state index contributed by atoms with van der Waals surface area (Å²) >= 11 is 0. The van der Waals surface area contributed by atoms with Crippen molar-refractivity contribution in [3.63, 3.8) is 0 Å². The lowest BCUT2D eigenvalue weighted by molar-refractivity contribution is -0.384. The fraction of sp³-hybridized carbons (Fsp3) is 0.357. The number of rotatable bonds is 11. The van der Waals surface area contributed by atoms with E-state index in [0.29, 0.717) is 22.7 Å². The number of dihydropyridines is 1. The maximum Gasteiger partial charge on any atom is 0.336 e. The van der Waals surface area contributed by atoms with Gasteiger partial charge < -0.3 is 24.3 Å². The highest BCUT2D eigenvalue weighted by molar-refractivity contribution is 5.99. The first kappa shape index (κ1) is 28.4. The van der Waals surface area contributed by atoms with Crippen molar-refractivity contribution in [2.45, 2.75) is 39.2 Å². The van der Waals surface area contributed by atoms with Gasteiger partial charge in [-0.15, -0.1) is 0 Å². The first-order valence-electron chi connectivity index (χ1n) is 12.1. The Hall–Kier alpha value is -4.18. The van der Waals surface area contributed by atoms with Crippen LogP contribution in [0.25, 0.3) is 0 Å². The van der Waals surface area contributed by atoms with Crippen LogP contribution < -0.4 is 10.1 Å². The average Bonchev–Trinajstić information content (AvgIpc) is 2.91. The Morgan fingerprint density at radius 2 is 1.66 bits per heavy atom. The van der Waals surface area contributed by atoms with Gasteiger partial charge in [0.25, 0.3) is 5.69 Å². The molecular formula is C28H32N2O8. The van der Waals surface area contributed by atoms with E-state index in [0.717, 1.165) is 12.0 Å². The third-order valence-corrected chi connectivity index (χ3v) is 6.23. The van der Waals surface area contributed by atoms with Crippen molar-refractivity contribution in [1.29, 1.82) is 0 Å². The molecule has 0 aliphatic carbocycles. The number of nitro benzene ring substituents is 1. The number of nitrogens with one attached hydrogen (secondary N) is 1. The maximum absolute atomic E-state index is 13.3. The summed E-state index contributed by atoms with van der Waals surface area (Å²) in [6, 6.07) is 13.4. The molecule has 1 N–H and O–H groups in total. The maximum atomic E-state index is 13.3. The van der Waals surface area contributed by atoms with Crippen LogP contribution in [0.2, 0.25) is 0 Å². The van der Waals surface area contributed by atoms with Crippen LogP contribution in [0.1, 0.15) is 37.8 Å². The second-order valence-corrected chi connectivity index (χ2v) is 8.86. The van der Waals surface area contributed by atoms with Crippen molar-refractivity contribution in [2.75, 3.05) is 27.4 Å². The van der Waals surface area contributed by atoms with Crippen LogP contribution in [0, 0.1) is 10.1 Å². The third kappa shape index (κ3) is 6.77. The lowest BCUT2D eigenvalue weighted by atomic mass is 9.80. The third-order valence-electron chi connectivity index (χ3n) is 6.23. The van der Waals surface area contributed by atoms with Gasteiger partial charge in [-0.1, -0.05) is 24.3 Å². The van der Waals surface area contributed by atoms with E-state index in [4.69, 9.17) is 18.9 Å². The van der Waals surface area contributed by atoms with Crippen LogP contribution in [0.15, 0.2) is 71.1 Å². The second kappa shape index (κ2) is 12.9. The van der Waals surface area contributed by atoms with Gasteiger partial charge in [0, 0.05) is 30.6 Å². The zero-order valence-corrected chi connectivity index (χ0v) is 22.1. The smallest absolute Gasteiger partial charge is 0.336 e. The van der Waals surface area contributed by atoms with Gasteiger partial charge >= 0.3 is 11.9 Å². The number of non-ortho nitro benzene ring substituents is 1. The highest BCUT2D eigenvalue weighted by atomic mass is 16.6. The summed E-state index contributed by atoms with van der Waals surface area (Å²) in [6.45, 7) is 5.42. The first-order chi connectivity index (χ1) is 18.2. The standard InChI is InChI=1S/C28H32N2O8/c1-17(35-4)15-20-9-11-23(12-10-20)37-13-14-38-28(32)25-19(3)29-18(2)24(27(31)36-5)26(25)21-7-6-8-22(16-21)30(33)34/h6-12,16-17,26,29H,13-15H2,1-5H3. The van der Waals surface area contributed by atoms with Gasteiger partial charge in [-0.2, -0.15) is 0 Å². The number of nitrogens with zero attached hydrogens (tertiary/aromatic N) is 1. The minimum atomic E-state index is -0.918. The minimum Gasteiger partial charge on any atom is -0.490 e. The summed E-state index contributed by atoms with van der Waals surface area (Å²) in [6.07, 6.45) is 0.891. The van der Waals surface area contributed by atoms with Gasteiger partial charge in [-0.05, 0) is 50.5 Å². The van der Waals surface area contributed by atoms with Gasteiger partial charge in [-0.3, -0.25) is 10.1 Å². The summed E-state index contributed by atoms with van der Waals surface area (Å²) in [4.78, 5) is 36.8. The van der Waals surface area contributed by atoms with Gasteiger partial charge in [0.1, 0.15) is 19.0 Å². The molecule has 0 bridgehead atoms. The number of hydrogen-bond donors (Lipinski definition) is 1. The highest BCUT2D eigenvalue weighted by Crippen LogP contribution is 2.40. The molecule has 1 aliphatic rings. The predicted molar refractivity (Wildman–Crippen MR) is 139 cm³/mol. The molecule has 10 nitrogen and oxygen atoms in total. The Kier molecular flexibility index (Phi) is 9.61. The zero-order valence-electron chi connectivity index (χ0n) is 22.1. The van der Waals surface area contributed by atoms with E-state index < -0.39 is 22.8 Å². The summed E-state index contributed by atoms with van der Waals surface area (Å²) in [5.74, 6) is -1.62. The van der Waals surface area contributed by atoms with E-state index in [1.807, 2.05) is 31.2 Å². The number of methoxy groups -OCH3 is 2. The molecule has 0 saturated carbocycles. The average molecular weight is 525 g/mol. The Morgan fingerprint density at radius 1 is 1.00 bits per heavy atom. The predicted octanol–water partition coefficient (Wildman–Crippen LogP) is 4.20. The molecule has 2 atom stereocenters. The van der Waals surface area contributed by atoms with E-state index in [1.165, 1.54) is 25.3 Å². The van der Waals surface area contributed by atoms with Crippen molar-refractivity contribution < 1.29 is 33.5 Å². The van der Waals surface area contributed by atoms with Crippen molar-refractivity contribution in [2.24, 2.45) is 0 Å². The van der Waals surface area contributed by atoms with Crippen LogP contribution in [-0.4, -0.2) is 50.4 Å². The molecule has 1 heterocycles. The molecule has 10 heteroatoms. The van der Waals surface area contributed by atoms with Crippen LogP contribution >= 0.6 is 0 Å². The lowest BCUT2D eigenvalue weighted by Gasteiger charge is -2.30. The normalized spacial score (nSPS) is 16.0. The van der Waals surface area contributed by atoms with Gasteiger partial charge in [0.15, 0.2) is 0 Å². The molecule has 0 fully saturated rings. The summed E-state index contributed by atoms with van der Waals surface area (Å²) in [5.41, 5.74) is 2.63. The van der Waals surface area contributed by atoms with Gasteiger partial charge in [0.2, 0.25) is 0 Å². The molecule has 0 spiro atoms. The van der Waals surface area contributed by atoms with Crippen molar-refractivity contribution in [3.8, 4) is 5.75 Å². The topological polar surface area (TPSA) is 126 Å². The fourth-order valence-corrected chi connectivity index (χ4v) is 4.31. The Bertz CT molecular complexity index is 1250. The largest absolute Gasteiger partial charge is 0.490 e. The summed E-state index contributed by atoms with van der Waals surface area (Å²) < 4.78 is 21.5. The Morgan fingerprint density at radius 3 is 2.26 bits per heavy atom. The van der Waals surface area contributed by atoms with Crippen molar-refractivity contribution in [3.05, 3.63) is 92.3 Å². The van der Waals surface area contributed by atoms with Crippen LogP contribution in [-0.2, 0) is 30.2 Å². The van der Waals surface area contributed by atoms with E-state index in [1.54, 1.807) is 27.0 Å². The SMILES string of the molecule is COC(=O)C1=C(C)NC(C)=C(C(=O)OCCOc2ccc(CC(C)OC)cc2)C1c1cccc([N+](=O)[O-])c1. The Labute approximate surface area is 221 Å². The van der Waals surface area contributed by atoms with E-state index in [9.17, 15) is 19.7 Å². The number of allylic oxidation sites excluding steroid dienone is 2. The molecule has 38 heavy (non-hydrogen) atoms. The van der Waals surface area contributed by atoms with Crippen molar-refractivity contribution >= 4 is 17.6 Å². The van der Waals surface area contributed by atoms with E-state index >= 15 is 0 Å². The van der Waals surface area contributed by atoms with E-state index in [2.05, 4.69) is 5.32 Å². The molecule has 2 aromatic carbocycles. The molecule has 202 valence electrons. The lowest BCUT2D eigenvalue weighted by Crippen LogP contribution is -2.32. The number of benzene rings is 2. The van der Waals surface area contributed by atoms with Gasteiger partial charge in [0.05, 0.1) is 35.2 Å². The summed E-state index contributed by atoms with van der Waals surface area (Å²) in [7, 11) is 2.91. The molecule has 0 amide bonds. The van der Waals surface area contributed by atoms with Crippen LogP contribution in [0.5, 0.6) is 5.75 Å². The highest BCUT2D eigenvalue weighted by Gasteiger charge is 2.38. The summed E-state index contributed by atoms with van der Waals surface area (Å²) in [5, 5.41) is 14.4. The van der Waals surface area contributed by atoms with Crippen molar-refractivity contribution in [1.82, 2.24) is 5.32 Å². The van der Waals surface area contributed by atoms with E-state index in [-0.39, 0.29) is 36.2 Å². The first-order valence-corrected chi connectivity index (χ1v) is 12.1. The second-order valence-electron chi connectivity index (χ2n) is 8.86. The van der Waals surface area contributed by atoms with Crippen LogP contribution in [0.4, 0.5) is 5.69 Å². The number of esters is 2. The molecule has 1 aliphatic heterocycles. The number of nitro groups is 1. The fourth-order valence-electron chi connectivity index (χ4n) is 4.31. The molecule has 0 radical (unpaired) electrons. The molecule has 2 unspecified atom stereocenters. The number of hydrogen-bond acceptors (Lipinski definition) is 9. The monoisotopic (exact) mass is 524 g/mol. The Balaban J connectivity index is 1.75. The van der Waals surface area contributed by atoms with Gasteiger partial charge in [-0.25, -0.2) is 9.59 Å².